The number of carbonyl (C=O) groups is 1. The van der Waals surface area contributed by atoms with Crippen molar-refractivity contribution in [2.24, 2.45) is 5.92 Å². The average molecular weight is 290 g/mol. The predicted molar refractivity (Wildman–Crippen MR) is 83.2 cm³/mol. The van der Waals surface area contributed by atoms with Gasteiger partial charge in [-0.05, 0) is 57.1 Å². The predicted octanol–water partition coefficient (Wildman–Crippen LogP) is 3.83. The third kappa shape index (κ3) is 4.45. The molecule has 21 heavy (non-hydrogen) atoms. The molecule has 1 unspecified atom stereocenters. The quantitative estimate of drug-likeness (QED) is 0.831. The van der Waals surface area contributed by atoms with Crippen LogP contribution in [0.25, 0.3) is 0 Å². The number of ether oxygens (including phenoxy) is 1. The molecule has 0 bridgehead atoms. The molecule has 1 atom stereocenters. The maximum atomic E-state index is 12.1. The van der Waals surface area contributed by atoms with Crippen LogP contribution in [0.2, 0.25) is 0 Å². The van der Waals surface area contributed by atoms with Gasteiger partial charge in [0.25, 0.3) is 0 Å². The van der Waals surface area contributed by atoms with Gasteiger partial charge in [0.15, 0.2) is 0 Å². The van der Waals surface area contributed by atoms with E-state index in [2.05, 4.69) is 18.0 Å². The second-order valence-electron chi connectivity index (χ2n) is 6.88. The molecule has 116 valence electrons. The Balaban J connectivity index is 1.87. The van der Waals surface area contributed by atoms with Gasteiger partial charge in [0.05, 0.1) is 0 Å². The summed E-state index contributed by atoms with van der Waals surface area (Å²) in [6.45, 7) is 9.53. The summed E-state index contributed by atoms with van der Waals surface area (Å²) >= 11 is 0. The minimum Gasteiger partial charge on any atom is -0.444 e. The van der Waals surface area contributed by atoms with Gasteiger partial charge in [-0.15, -0.1) is 0 Å². The lowest BCUT2D eigenvalue weighted by atomic mass is 9.82. The fourth-order valence-electron chi connectivity index (χ4n) is 2.83. The molecule has 1 aliphatic heterocycles. The third-order valence-electron chi connectivity index (χ3n) is 4.11. The van der Waals surface area contributed by atoms with Crippen molar-refractivity contribution < 1.29 is 9.53 Å². The number of nitrogens with zero attached hydrogens (tertiary/aromatic N) is 2. The van der Waals surface area contributed by atoms with Gasteiger partial charge in [-0.2, -0.15) is 0 Å². The fourth-order valence-corrected chi connectivity index (χ4v) is 2.83. The molecule has 0 N–H and O–H groups in total. The Bertz CT molecular complexity index is 459. The Morgan fingerprint density at radius 2 is 2.05 bits per heavy atom. The fraction of sp³-hybridized carbons (Fsp3) is 0.647. The van der Waals surface area contributed by atoms with E-state index in [1.165, 1.54) is 5.56 Å². The highest BCUT2D eigenvalue weighted by Gasteiger charge is 2.29. The van der Waals surface area contributed by atoms with Crippen LogP contribution in [0, 0.1) is 5.92 Å². The van der Waals surface area contributed by atoms with Crippen LogP contribution in [0.4, 0.5) is 4.79 Å². The van der Waals surface area contributed by atoms with Crippen LogP contribution in [0.5, 0.6) is 0 Å². The molecule has 1 fully saturated rings. The van der Waals surface area contributed by atoms with Crippen LogP contribution in [0.15, 0.2) is 24.5 Å². The second kappa shape index (κ2) is 6.46. The summed E-state index contributed by atoms with van der Waals surface area (Å²) in [6, 6.07) is 4.12. The topological polar surface area (TPSA) is 42.4 Å². The van der Waals surface area contributed by atoms with Gasteiger partial charge in [-0.25, -0.2) is 4.79 Å². The zero-order chi connectivity index (χ0) is 15.5. The highest BCUT2D eigenvalue weighted by Crippen LogP contribution is 2.32. The van der Waals surface area contributed by atoms with Crippen molar-refractivity contribution in [3.63, 3.8) is 0 Å². The monoisotopic (exact) mass is 290 g/mol. The maximum Gasteiger partial charge on any atom is 0.410 e. The number of rotatable bonds is 2. The minimum absolute atomic E-state index is 0.185. The first-order valence-corrected chi connectivity index (χ1v) is 7.74. The Kier molecular flexibility index (Phi) is 4.86. The van der Waals surface area contributed by atoms with Gasteiger partial charge in [0, 0.05) is 25.5 Å². The minimum atomic E-state index is -0.420. The van der Waals surface area contributed by atoms with Gasteiger partial charge in [-0.1, -0.05) is 13.0 Å². The Labute approximate surface area is 127 Å². The summed E-state index contributed by atoms with van der Waals surface area (Å²) in [4.78, 5) is 18.1. The van der Waals surface area contributed by atoms with Crippen molar-refractivity contribution in [1.82, 2.24) is 9.88 Å². The van der Waals surface area contributed by atoms with Gasteiger partial charge in [0.1, 0.15) is 5.60 Å². The number of amides is 1. The first-order chi connectivity index (χ1) is 9.87. The number of hydrogen-bond donors (Lipinski definition) is 0. The number of aromatic nitrogens is 1. The molecule has 0 saturated carbocycles. The molecule has 1 aromatic heterocycles. The molecule has 0 aliphatic carbocycles. The van der Waals surface area contributed by atoms with E-state index >= 15 is 0 Å². The van der Waals surface area contributed by atoms with Gasteiger partial charge >= 0.3 is 6.09 Å². The molecule has 4 nitrogen and oxygen atoms in total. The Morgan fingerprint density at radius 3 is 2.57 bits per heavy atom. The van der Waals surface area contributed by atoms with Crippen molar-refractivity contribution in [3.05, 3.63) is 30.1 Å². The van der Waals surface area contributed by atoms with E-state index in [0.29, 0.717) is 11.8 Å². The zero-order valence-electron chi connectivity index (χ0n) is 13.5. The third-order valence-corrected chi connectivity index (χ3v) is 4.11. The molecule has 1 aromatic rings. The van der Waals surface area contributed by atoms with E-state index in [-0.39, 0.29) is 6.09 Å². The summed E-state index contributed by atoms with van der Waals surface area (Å²) < 4.78 is 5.43. The van der Waals surface area contributed by atoms with Gasteiger partial charge in [-0.3, -0.25) is 4.98 Å². The van der Waals surface area contributed by atoms with Crippen LogP contribution in [0.1, 0.15) is 52.0 Å². The smallest absolute Gasteiger partial charge is 0.410 e. The second-order valence-corrected chi connectivity index (χ2v) is 6.88. The normalized spacial score (nSPS) is 18.4. The lowest BCUT2D eigenvalue weighted by Gasteiger charge is -2.35. The van der Waals surface area contributed by atoms with E-state index in [4.69, 9.17) is 4.74 Å². The van der Waals surface area contributed by atoms with Gasteiger partial charge in [0.2, 0.25) is 0 Å². The van der Waals surface area contributed by atoms with E-state index in [9.17, 15) is 4.79 Å². The molecule has 2 heterocycles. The Morgan fingerprint density at radius 1 is 1.38 bits per heavy atom. The van der Waals surface area contributed by atoms with Crippen LogP contribution in [0.3, 0.4) is 0 Å². The molecule has 0 spiro atoms. The lowest BCUT2D eigenvalue weighted by molar-refractivity contribution is 0.0176. The summed E-state index contributed by atoms with van der Waals surface area (Å²) in [6.07, 6.45) is 5.62. The van der Waals surface area contributed by atoms with Crippen LogP contribution in [-0.4, -0.2) is 34.7 Å². The average Bonchev–Trinajstić information content (AvgIpc) is 2.46. The van der Waals surface area contributed by atoms with Crippen molar-refractivity contribution >= 4 is 6.09 Å². The summed E-state index contributed by atoms with van der Waals surface area (Å²) in [5.74, 6) is 1.09. The SMILES string of the molecule is CC(c1cccnc1)C1CCN(C(=O)OC(C)(C)C)CC1. The van der Waals surface area contributed by atoms with Crippen LogP contribution < -0.4 is 0 Å². The molecule has 0 aromatic carbocycles. The number of likely N-dealkylation sites (tertiary alicyclic amines) is 1. The highest BCUT2D eigenvalue weighted by atomic mass is 16.6. The van der Waals surface area contributed by atoms with Crippen molar-refractivity contribution in [2.75, 3.05) is 13.1 Å². The first kappa shape index (κ1) is 15.8. The number of pyridine rings is 1. The van der Waals surface area contributed by atoms with Crippen LogP contribution >= 0.6 is 0 Å². The Hall–Kier alpha value is -1.58. The summed E-state index contributed by atoms with van der Waals surface area (Å²) in [7, 11) is 0. The van der Waals surface area contributed by atoms with Crippen molar-refractivity contribution in [3.8, 4) is 0 Å². The molecule has 2 rings (SSSR count). The first-order valence-electron chi connectivity index (χ1n) is 7.74. The lowest BCUT2D eigenvalue weighted by Crippen LogP contribution is -2.42. The molecular weight excluding hydrogens is 264 g/mol. The molecule has 1 saturated heterocycles. The molecular formula is C17H26N2O2. The standard InChI is InChI=1S/C17H26N2O2/c1-13(15-6-5-9-18-12-15)14-7-10-19(11-8-14)16(20)21-17(2,3)4/h5-6,9,12-14H,7-8,10-11H2,1-4H3. The zero-order valence-corrected chi connectivity index (χ0v) is 13.5. The van der Waals surface area contributed by atoms with Crippen molar-refractivity contribution in [2.45, 2.75) is 52.1 Å². The van der Waals surface area contributed by atoms with E-state index < -0.39 is 5.60 Å². The molecule has 1 amide bonds. The van der Waals surface area contributed by atoms with E-state index in [0.717, 1.165) is 25.9 Å². The number of piperidine rings is 1. The molecule has 4 heteroatoms. The van der Waals surface area contributed by atoms with E-state index in [1.54, 1.807) is 6.20 Å². The van der Waals surface area contributed by atoms with E-state index in [1.807, 2.05) is 37.9 Å². The summed E-state index contributed by atoms with van der Waals surface area (Å²) in [5.41, 5.74) is 0.866. The van der Waals surface area contributed by atoms with Crippen molar-refractivity contribution in [1.29, 1.82) is 0 Å². The largest absolute Gasteiger partial charge is 0.444 e. The van der Waals surface area contributed by atoms with Gasteiger partial charge < -0.3 is 9.64 Å². The van der Waals surface area contributed by atoms with Crippen LogP contribution in [-0.2, 0) is 4.74 Å². The molecule has 1 aliphatic rings. The summed E-state index contributed by atoms with van der Waals surface area (Å²) in [5, 5.41) is 0. The number of hydrogen-bond acceptors (Lipinski definition) is 3. The number of carbonyl (C=O) groups excluding carboxylic acids is 1. The highest BCUT2D eigenvalue weighted by molar-refractivity contribution is 5.68. The molecule has 0 radical (unpaired) electrons. The maximum absolute atomic E-state index is 12.1.